The molecule has 2 unspecified atom stereocenters. The van der Waals surface area contributed by atoms with Crippen molar-refractivity contribution in [3.8, 4) is 0 Å². The van der Waals surface area contributed by atoms with Crippen LogP contribution in [0, 0.1) is 0 Å². The first kappa shape index (κ1) is 14.8. The minimum absolute atomic E-state index is 0.0260. The fraction of sp³-hybridized carbons (Fsp3) is 1.00. The van der Waals surface area contributed by atoms with Crippen molar-refractivity contribution in [2.24, 2.45) is 5.73 Å². The van der Waals surface area contributed by atoms with Gasteiger partial charge in [0.25, 0.3) is 0 Å². The van der Waals surface area contributed by atoms with Crippen molar-refractivity contribution in [2.75, 3.05) is 40.3 Å². The average molecular weight is 217 g/mol. The fourth-order valence-corrected chi connectivity index (χ4v) is 1.74. The Hall–Kier alpha value is -0.160. The van der Waals surface area contributed by atoms with Gasteiger partial charge in [0.05, 0.1) is 6.61 Å². The molecule has 0 aromatic carbocycles. The van der Waals surface area contributed by atoms with E-state index in [-0.39, 0.29) is 6.61 Å². The van der Waals surface area contributed by atoms with Crippen molar-refractivity contribution >= 4 is 0 Å². The van der Waals surface area contributed by atoms with E-state index in [9.17, 15) is 0 Å². The quantitative estimate of drug-likeness (QED) is 0.629. The first-order valence-electron chi connectivity index (χ1n) is 5.61. The minimum atomic E-state index is -0.503. The highest BCUT2D eigenvalue weighted by Gasteiger charge is 2.23. The molecule has 0 aromatic heterocycles. The molecule has 0 aromatic rings. The van der Waals surface area contributed by atoms with E-state index in [2.05, 4.69) is 37.7 Å². The van der Waals surface area contributed by atoms with Gasteiger partial charge in [0.15, 0.2) is 0 Å². The maximum absolute atomic E-state index is 9.14. The Kier molecular flexibility index (Phi) is 6.36. The summed E-state index contributed by atoms with van der Waals surface area (Å²) in [5.74, 6) is 0. The number of hydrogen-bond donors (Lipinski definition) is 2. The van der Waals surface area contributed by atoms with Crippen LogP contribution in [0.15, 0.2) is 0 Å². The van der Waals surface area contributed by atoms with Crippen LogP contribution in [0.1, 0.15) is 20.8 Å². The van der Waals surface area contributed by atoms with Crippen molar-refractivity contribution in [3.63, 3.8) is 0 Å². The molecule has 4 heteroatoms. The van der Waals surface area contributed by atoms with Crippen molar-refractivity contribution in [2.45, 2.75) is 32.4 Å². The normalized spacial score (nSPS) is 18.2. The van der Waals surface area contributed by atoms with Crippen LogP contribution in [0.5, 0.6) is 0 Å². The van der Waals surface area contributed by atoms with Gasteiger partial charge in [-0.25, -0.2) is 0 Å². The highest BCUT2D eigenvalue weighted by molar-refractivity contribution is 4.84. The fourth-order valence-electron chi connectivity index (χ4n) is 1.74. The van der Waals surface area contributed by atoms with Gasteiger partial charge in [0, 0.05) is 24.7 Å². The molecular weight excluding hydrogens is 190 g/mol. The molecule has 0 radical (unpaired) electrons. The molecule has 3 N–H and O–H groups in total. The molecule has 0 heterocycles. The van der Waals surface area contributed by atoms with Gasteiger partial charge in [-0.2, -0.15) is 0 Å². The third kappa shape index (κ3) is 6.10. The van der Waals surface area contributed by atoms with Crippen LogP contribution in [0.25, 0.3) is 0 Å². The van der Waals surface area contributed by atoms with Crippen molar-refractivity contribution < 1.29 is 5.11 Å². The number of rotatable bonds is 7. The van der Waals surface area contributed by atoms with E-state index in [4.69, 9.17) is 10.8 Å². The van der Waals surface area contributed by atoms with Gasteiger partial charge >= 0.3 is 0 Å². The molecule has 15 heavy (non-hydrogen) atoms. The van der Waals surface area contributed by atoms with E-state index in [0.29, 0.717) is 6.04 Å². The second-order valence-corrected chi connectivity index (χ2v) is 4.99. The van der Waals surface area contributed by atoms with Gasteiger partial charge in [-0.15, -0.1) is 0 Å². The third-order valence-corrected chi connectivity index (χ3v) is 2.58. The predicted molar refractivity (Wildman–Crippen MR) is 64.9 cm³/mol. The van der Waals surface area contributed by atoms with E-state index in [0.717, 1.165) is 19.6 Å². The summed E-state index contributed by atoms with van der Waals surface area (Å²) >= 11 is 0. The monoisotopic (exact) mass is 217 g/mol. The number of nitrogens with zero attached hydrogens (tertiary/aromatic N) is 2. The van der Waals surface area contributed by atoms with Gasteiger partial charge in [0.2, 0.25) is 0 Å². The van der Waals surface area contributed by atoms with E-state index in [1.54, 1.807) is 0 Å². The summed E-state index contributed by atoms with van der Waals surface area (Å²) in [4.78, 5) is 4.47. The van der Waals surface area contributed by atoms with E-state index < -0.39 is 5.54 Å². The van der Waals surface area contributed by atoms with Crippen LogP contribution < -0.4 is 5.73 Å². The van der Waals surface area contributed by atoms with E-state index >= 15 is 0 Å². The molecule has 0 bridgehead atoms. The van der Waals surface area contributed by atoms with Crippen molar-refractivity contribution in [3.05, 3.63) is 0 Å². The number of likely N-dealkylation sites (N-methyl/N-ethyl adjacent to an activating group) is 2. The van der Waals surface area contributed by atoms with E-state index in [1.165, 1.54) is 0 Å². The Morgan fingerprint density at radius 3 is 2.27 bits per heavy atom. The molecule has 0 fully saturated rings. The Morgan fingerprint density at radius 2 is 1.93 bits per heavy atom. The van der Waals surface area contributed by atoms with Gasteiger partial charge in [-0.1, -0.05) is 6.92 Å². The van der Waals surface area contributed by atoms with E-state index in [1.807, 2.05) is 6.92 Å². The smallest absolute Gasteiger partial charge is 0.0621 e. The summed E-state index contributed by atoms with van der Waals surface area (Å²) in [6, 6.07) is 0.458. The number of aliphatic hydroxyl groups is 1. The molecule has 92 valence electrons. The summed E-state index contributed by atoms with van der Waals surface area (Å²) < 4.78 is 0. The minimum Gasteiger partial charge on any atom is -0.394 e. The van der Waals surface area contributed by atoms with Crippen LogP contribution in [0.4, 0.5) is 0 Å². The first-order valence-corrected chi connectivity index (χ1v) is 5.61. The lowest BCUT2D eigenvalue weighted by Crippen LogP contribution is -2.54. The zero-order valence-corrected chi connectivity index (χ0v) is 10.8. The summed E-state index contributed by atoms with van der Waals surface area (Å²) in [5, 5.41) is 9.14. The topological polar surface area (TPSA) is 52.7 Å². The molecule has 0 rings (SSSR count). The molecule has 0 aliphatic carbocycles. The third-order valence-electron chi connectivity index (χ3n) is 2.58. The zero-order chi connectivity index (χ0) is 12.1. The predicted octanol–water partition coefficient (Wildman–Crippen LogP) is -0.0319. The lowest BCUT2D eigenvalue weighted by molar-refractivity contribution is 0.114. The summed E-state index contributed by atoms with van der Waals surface area (Å²) in [6.07, 6.45) is 0. The van der Waals surface area contributed by atoms with Gasteiger partial charge in [-0.3, -0.25) is 4.90 Å². The zero-order valence-electron chi connectivity index (χ0n) is 10.8. The molecule has 0 saturated carbocycles. The van der Waals surface area contributed by atoms with Crippen LogP contribution >= 0.6 is 0 Å². The average Bonchev–Trinajstić information content (AvgIpc) is 2.13. The number of nitrogens with two attached hydrogens (primary N) is 1. The molecule has 0 aliphatic heterocycles. The summed E-state index contributed by atoms with van der Waals surface area (Å²) in [7, 11) is 4.13. The lowest BCUT2D eigenvalue weighted by Gasteiger charge is -2.35. The second kappa shape index (κ2) is 6.43. The standard InChI is InChI=1S/C11H27N3O/c1-6-14(8-11(3,12)9-15)10(2)7-13(4)5/h10,15H,6-9,12H2,1-5H3. The molecule has 4 nitrogen and oxygen atoms in total. The first-order chi connectivity index (χ1) is 6.82. The van der Waals surface area contributed by atoms with Gasteiger partial charge < -0.3 is 15.7 Å². The van der Waals surface area contributed by atoms with Crippen LogP contribution in [0.3, 0.4) is 0 Å². The van der Waals surface area contributed by atoms with Crippen LogP contribution in [-0.4, -0.2) is 66.8 Å². The number of aliphatic hydroxyl groups excluding tert-OH is 1. The number of hydrogen-bond acceptors (Lipinski definition) is 4. The Balaban J connectivity index is 4.23. The molecule has 0 amide bonds. The second-order valence-electron chi connectivity index (χ2n) is 4.99. The summed E-state index contributed by atoms with van der Waals surface area (Å²) in [5.41, 5.74) is 5.45. The highest BCUT2D eigenvalue weighted by Crippen LogP contribution is 2.07. The summed E-state index contributed by atoms with van der Waals surface area (Å²) in [6.45, 7) is 8.93. The maximum Gasteiger partial charge on any atom is 0.0621 e. The lowest BCUT2D eigenvalue weighted by atomic mass is 10.0. The molecule has 2 atom stereocenters. The molecule has 0 spiro atoms. The van der Waals surface area contributed by atoms with Crippen molar-refractivity contribution in [1.82, 2.24) is 9.80 Å². The SMILES string of the molecule is CCN(CC(C)(N)CO)C(C)CN(C)C. The maximum atomic E-state index is 9.14. The van der Waals surface area contributed by atoms with Crippen LogP contribution in [-0.2, 0) is 0 Å². The Labute approximate surface area is 94.0 Å². The molecular formula is C11H27N3O. The Bertz CT molecular complexity index is 171. The van der Waals surface area contributed by atoms with Gasteiger partial charge in [-0.05, 0) is 34.5 Å². The Morgan fingerprint density at radius 1 is 1.40 bits per heavy atom. The molecule has 0 saturated heterocycles. The van der Waals surface area contributed by atoms with Gasteiger partial charge in [0.1, 0.15) is 0 Å². The largest absolute Gasteiger partial charge is 0.394 e. The highest BCUT2D eigenvalue weighted by atomic mass is 16.3. The van der Waals surface area contributed by atoms with Crippen LogP contribution in [0.2, 0.25) is 0 Å². The molecule has 0 aliphatic rings. The van der Waals surface area contributed by atoms with Crippen molar-refractivity contribution in [1.29, 1.82) is 0 Å².